The van der Waals surface area contributed by atoms with E-state index in [4.69, 9.17) is 4.74 Å². The van der Waals surface area contributed by atoms with Gasteiger partial charge in [-0.3, -0.25) is 4.68 Å². The molecule has 0 bridgehead atoms. The van der Waals surface area contributed by atoms with Crippen LogP contribution in [0.2, 0.25) is 0 Å². The molecule has 27 heavy (non-hydrogen) atoms. The Labute approximate surface area is 156 Å². The molecule has 2 heterocycles. The molecule has 0 amide bonds. The maximum Gasteiger partial charge on any atom is 0.377 e. The van der Waals surface area contributed by atoms with E-state index in [1.54, 1.807) is 11.7 Å². The third-order valence-corrected chi connectivity index (χ3v) is 3.91. The summed E-state index contributed by atoms with van der Waals surface area (Å²) in [6.07, 6.45) is 2.22. The van der Waals surface area contributed by atoms with Gasteiger partial charge < -0.3 is 9.47 Å². The number of methoxy groups -OCH3 is 1. The first-order valence-corrected chi connectivity index (χ1v) is 8.44. The molecule has 0 aliphatic heterocycles. The molecule has 3 aromatic rings. The summed E-state index contributed by atoms with van der Waals surface area (Å²) in [5.41, 5.74) is 2.92. The Kier molecular flexibility index (Phi) is 5.43. The van der Waals surface area contributed by atoms with Gasteiger partial charge in [-0.15, -0.1) is 15.3 Å². The number of rotatable bonds is 7. The van der Waals surface area contributed by atoms with Crippen LogP contribution in [-0.2, 0) is 18.3 Å². The van der Waals surface area contributed by atoms with Crippen molar-refractivity contribution < 1.29 is 14.3 Å². The van der Waals surface area contributed by atoms with E-state index in [0.29, 0.717) is 19.0 Å². The van der Waals surface area contributed by atoms with Gasteiger partial charge in [0.2, 0.25) is 5.82 Å². The Morgan fingerprint density at radius 3 is 2.56 bits per heavy atom. The van der Waals surface area contributed by atoms with Crippen molar-refractivity contribution in [3.05, 3.63) is 35.4 Å². The van der Waals surface area contributed by atoms with E-state index in [1.807, 2.05) is 26.0 Å². The Hall–Kier alpha value is -3.30. The van der Waals surface area contributed by atoms with E-state index in [0.717, 1.165) is 28.9 Å². The zero-order valence-electron chi connectivity index (χ0n) is 15.7. The van der Waals surface area contributed by atoms with Crippen molar-refractivity contribution in [3.8, 4) is 17.1 Å². The van der Waals surface area contributed by atoms with Crippen LogP contribution in [0.25, 0.3) is 11.4 Å². The van der Waals surface area contributed by atoms with E-state index in [9.17, 15) is 4.79 Å². The topological polar surface area (TPSA) is 110 Å². The quantitative estimate of drug-likeness (QED) is 0.452. The summed E-state index contributed by atoms with van der Waals surface area (Å²) in [6, 6.07) is 3.97. The monoisotopic (exact) mass is 371 g/mol. The van der Waals surface area contributed by atoms with Crippen LogP contribution in [0.5, 0.6) is 5.75 Å². The molecule has 0 aliphatic carbocycles. The Morgan fingerprint density at radius 2 is 1.93 bits per heavy atom. The molecule has 10 nitrogen and oxygen atoms in total. The minimum atomic E-state index is -0.547. The Bertz CT molecular complexity index is 925. The molecule has 1 aromatic carbocycles. The van der Waals surface area contributed by atoms with Gasteiger partial charge in [-0.05, 0) is 42.3 Å². The Balaban J connectivity index is 1.58. The number of carbonyl (C=O) groups excluding carboxylic acids is 1. The predicted molar refractivity (Wildman–Crippen MR) is 95.2 cm³/mol. The van der Waals surface area contributed by atoms with E-state index in [2.05, 4.69) is 30.2 Å². The number of aromatic nitrogens is 7. The molecule has 0 saturated heterocycles. The molecule has 2 aromatic heterocycles. The first-order valence-electron chi connectivity index (χ1n) is 8.44. The summed E-state index contributed by atoms with van der Waals surface area (Å²) in [6.45, 7) is 5.08. The van der Waals surface area contributed by atoms with Crippen molar-refractivity contribution >= 4 is 5.97 Å². The van der Waals surface area contributed by atoms with Crippen LogP contribution < -0.4 is 4.74 Å². The van der Waals surface area contributed by atoms with Gasteiger partial charge in [-0.1, -0.05) is 0 Å². The summed E-state index contributed by atoms with van der Waals surface area (Å²) in [5.74, 6) is 0.937. The van der Waals surface area contributed by atoms with Crippen LogP contribution in [0, 0.1) is 13.8 Å². The van der Waals surface area contributed by atoms with Crippen LogP contribution >= 0.6 is 0 Å². The van der Waals surface area contributed by atoms with Crippen LogP contribution in [0.15, 0.2) is 18.5 Å². The molecule has 0 fully saturated rings. The minimum absolute atomic E-state index is 0.0540. The predicted octanol–water partition coefficient (Wildman–Crippen LogP) is 1.34. The number of hydrogen-bond donors (Lipinski definition) is 0. The standard InChI is InChI=1S/C17H21N7O3/c1-11-8-13(15-19-22-23(3)20-15)9-12(2)14(11)27-7-5-6-24-10-18-16(21-24)17(25)26-4/h8-10H,5-7H2,1-4H3. The fraction of sp³-hybridized carbons (Fsp3) is 0.412. The molecule has 10 heteroatoms. The second-order valence-electron chi connectivity index (χ2n) is 6.07. The highest BCUT2D eigenvalue weighted by atomic mass is 16.5. The average Bonchev–Trinajstić information content (AvgIpc) is 3.28. The second kappa shape index (κ2) is 7.94. The van der Waals surface area contributed by atoms with Gasteiger partial charge in [0.15, 0.2) is 0 Å². The molecule has 0 radical (unpaired) electrons. The first kappa shape index (κ1) is 18.5. The lowest BCUT2D eigenvalue weighted by atomic mass is 10.1. The molecule has 0 saturated carbocycles. The lowest BCUT2D eigenvalue weighted by Crippen LogP contribution is -2.08. The zero-order chi connectivity index (χ0) is 19.4. The summed E-state index contributed by atoms with van der Waals surface area (Å²) >= 11 is 0. The van der Waals surface area contributed by atoms with E-state index >= 15 is 0 Å². The number of benzene rings is 1. The fourth-order valence-corrected chi connectivity index (χ4v) is 2.69. The number of ether oxygens (including phenoxy) is 2. The van der Waals surface area contributed by atoms with E-state index in [-0.39, 0.29) is 5.82 Å². The maximum absolute atomic E-state index is 11.3. The lowest BCUT2D eigenvalue weighted by Gasteiger charge is -2.13. The van der Waals surface area contributed by atoms with Crippen LogP contribution in [-0.4, -0.2) is 54.7 Å². The highest BCUT2D eigenvalue weighted by Crippen LogP contribution is 2.28. The van der Waals surface area contributed by atoms with Gasteiger partial charge in [0.25, 0.3) is 5.82 Å². The van der Waals surface area contributed by atoms with Gasteiger partial charge >= 0.3 is 5.97 Å². The largest absolute Gasteiger partial charge is 0.493 e. The van der Waals surface area contributed by atoms with Gasteiger partial charge in [-0.25, -0.2) is 9.78 Å². The van der Waals surface area contributed by atoms with Crippen molar-refractivity contribution in [3.63, 3.8) is 0 Å². The number of nitrogens with zero attached hydrogens (tertiary/aromatic N) is 7. The van der Waals surface area contributed by atoms with Crippen molar-refractivity contribution in [2.45, 2.75) is 26.8 Å². The van der Waals surface area contributed by atoms with E-state index < -0.39 is 5.97 Å². The van der Waals surface area contributed by atoms with Crippen molar-refractivity contribution in [2.75, 3.05) is 13.7 Å². The fourth-order valence-electron chi connectivity index (χ4n) is 2.69. The normalized spacial score (nSPS) is 10.8. The van der Waals surface area contributed by atoms with Crippen LogP contribution in [0.4, 0.5) is 0 Å². The second-order valence-corrected chi connectivity index (χ2v) is 6.07. The number of esters is 1. The first-order chi connectivity index (χ1) is 13.0. The average molecular weight is 371 g/mol. The summed E-state index contributed by atoms with van der Waals surface area (Å²) in [5, 5.41) is 16.2. The van der Waals surface area contributed by atoms with Crippen molar-refractivity contribution in [1.29, 1.82) is 0 Å². The lowest BCUT2D eigenvalue weighted by molar-refractivity contribution is 0.0586. The van der Waals surface area contributed by atoms with Gasteiger partial charge in [0, 0.05) is 18.5 Å². The molecular weight excluding hydrogens is 350 g/mol. The molecule has 0 unspecified atom stereocenters. The van der Waals surface area contributed by atoms with Crippen LogP contribution in [0.1, 0.15) is 28.2 Å². The maximum atomic E-state index is 11.3. The number of hydrogen-bond acceptors (Lipinski definition) is 8. The number of tetrazole rings is 1. The Morgan fingerprint density at radius 1 is 1.19 bits per heavy atom. The van der Waals surface area contributed by atoms with Gasteiger partial charge in [0.1, 0.15) is 12.1 Å². The number of carbonyl (C=O) groups is 1. The molecule has 0 aliphatic rings. The van der Waals surface area contributed by atoms with E-state index in [1.165, 1.54) is 18.2 Å². The highest BCUT2D eigenvalue weighted by Gasteiger charge is 2.12. The highest BCUT2D eigenvalue weighted by molar-refractivity contribution is 5.84. The van der Waals surface area contributed by atoms with Gasteiger partial charge in [-0.2, -0.15) is 4.80 Å². The smallest absolute Gasteiger partial charge is 0.377 e. The summed E-state index contributed by atoms with van der Waals surface area (Å²) < 4.78 is 12.1. The molecule has 0 spiro atoms. The molecular formula is C17H21N7O3. The molecule has 0 N–H and O–H groups in total. The molecule has 0 atom stereocenters. The van der Waals surface area contributed by atoms with Crippen LogP contribution in [0.3, 0.4) is 0 Å². The third-order valence-electron chi connectivity index (χ3n) is 3.91. The minimum Gasteiger partial charge on any atom is -0.493 e. The summed E-state index contributed by atoms with van der Waals surface area (Å²) in [4.78, 5) is 16.7. The molecule has 142 valence electrons. The van der Waals surface area contributed by atoms with Crippen molar-refractivity contribution in [2.24, 2.45) is 7.05 Å². The SMILES string of the molecule is COC(=O)c1ncn(CCCOc2c(C)cc(-c3nnn(C)n3)cc2C)n1. The van der Waals surface area contributed by atoms with Crippen molar-refractivity contribution in [1.82, 2.24) is 35.0 Å². The molecule has 3 rings (SSSR count). The third kappa shape index (κ3) is 4.27. The summed E-state index contributed by atoms with van der Waals surface area (Å²) in [7, 11) is 3.03. The van der Waals surface area contributed by atoms with Gasteiger partial charge in [0.05, 0.1) is 20.8 Å². The zero-order valence-corrected chi connectivity index (χ0v) is 15.7. The number of aryl methyl sites for hydroxylation is 4.